The van der Waals surface area contributed by atoms with Crippen molar-refractivity contribution in [3.05, 3.63) is 0 Å². The highest BCUT2D eigenvalue weighted by atomic mass is 79.9. The third kappa shape index (κ3) is 9.48. The molecule has 0 aromatic rings. The molecule has 2 fully saturated rings. The highest BCUT2D eigenvalue weighted by Crippen LogP contribution is 2.11. The maximum atomic E-state index is 2.67. The summed E-state index contributed by atoms with van der Waals surface area (Å²) in [6.45, 7) is 13.2. The Bertz CT molecular complexity index is 285. The molecule has 2 heterocycles. The van der Waals surface area contributed by atoms with Gasteiger partial charge in [-0.25, -0.2) is 0 Å². The van der Waals surface area contributed by atoms with E-state index in [2.05, 4.69) is 38.0 Å². The standard InChI is InChI=1S/C18H40N4.2BrH/c1-21(2)15-11-19(12-16-21)9-7-5-6-8-10-20-13-17-22(3,4)18-14-20;;/h5-18H2,1-4H3;2*1H/q+2;;/p-2. The first-order chi connectivity index (χ1) is 10.4. The van der Waals surface area contributed by atoms with Crippen LogP contribution in [-0.2, 0) is 0 Å². The van der Waals surface area contributed by atoms with E-state index < -0.39 is 0 Å². The molecule has 0 aliphatic carbocycles. The summed E-state index contributed by atoms with van der Waals surface area (Å²) in [5.41, 5.74) is 0. The van der Waals surface area contributed by atoms with Crippen LogP contribution >= 0.6 is 0 Å². The summed E-state index contributed by atoms with van der Waals surface area (Å²) in [6, 6.07) is 0. The number of piperazine rings is 2. The summed E-state index contributed by atoms with van der Waals surface area (Å²) < 4.78 is 2.42. The summed E-state index contributed by atoms with van der Waals surface area (Å²) >= 11 is 0. The Morgan fingerprint density at radius 2 is 0.833 bits per heavy atom. The number of quaternary nitrogens is 2. The van der Waals surface area contributed by atoms with Crippen molar-refractivity contribution in [3.63, 3.8) is 0 Å². The minimum Gasteiger partial charge on any atom is -1.00 e. The van der Waals surface area contributed by atoms with Gasteiger partial charge in [0.2, 0.25) is 0 Å². The summed E-state index contributed by atoms with van der Waals surface area (Å²) in [5, 5.41) is 0. The van der Waals surface area contributed by atoms with E-state index in [0.29, 0.717) is 0 Å². The topological polar surface area (TPSA) is 6.48 Å². The third-order valence-electron chi connectivity index (χ3n) is 5.78. The Labute approximate surface area is 171 Å². The number of hydrogen-bond acceptors (Lipinski definition) is 2. The largest absolute Gasteiger partial charge is 1.00 e. The lowest BCUT2D eigenvalue weighted by Gasteiger charge is -2.39. The van der Waals surface area contributed by atoms with Crippen LogP contribution in [0.4, 0.5) is 0 Å². The van der Waals surface area contributed by atoms with E-state index in [9.17, 15) is 0 Å². The van der Waals surface area contributed by atoms with Crippen LogP contribution in [0, 0.1) is 0 Å². The highest BCUT2D eigenvalue weighted by molar-refractivity contribution is 4.64. The Balaban J connectivity index is 0.00000264. The van der Waals surface area contributed by atoms with E-state index in [0.717, 1.165) is 0 Å². The summed E-state index contributed by atoms with van der Waals surface area (Å²) in [7, 11) is 9.44. The van der Waals surface area contributed by atoms with Crippen molar-refractivity contribution < 1.29 is 42.9 Å². The van der Waals surface area contributed by atoms with Gasteiger partial charge in [-0.1, -0.05) is 12.8 Å². The van der Waals surface area contributed by atoms with E-state index in [1.165, 1.54) is 100 Å². The molecule has 0 aromatic carbocycles. The first-order valence-corrected chi connectivity index (χ1v) is 9.45. The predicted molar refractivity (Wildman–Crippen MR) is 95.0 cm³/mol. The number of halogens is 2. The molecule has 0 bridgehead atoms. The van der Waals surface area contributed by atoms with Gasteiger partial charge in [-0.3, -0.25) is 9.80 Å². The molecular weight excluding hydrogens is 432 g/mol. The van der Waals surface area contributed by atoms with Gasteiger partial charge in [0.1, 0.15) is 0 Å². The lowest BCUT2D eigenvalue weighted by atomic mass is 10.1. The smallest absolute Gasteiger partial charge is 0.0912 e. The first kappa shape index (κ1) is 24.8. The van der Waals surface area contributed by atoms with Gasteiger partial charge in [-0.2, -0.15) is 0 Å². The normalized spacial score (nSPS) is 24.0. The van der Waals surface area contributed by atoms with E-state index in [4.69, 9.17) is 0 Å². The van der Waals surface area contributed by atoms with Crippen molar-refractivity contribution >= 4 is 0 Å². The molecular formula is C18H40Br2N4. The fourth-order valence-corrected chi connectivity index (χ4v) is 3.57. The van der Waals surface area contributed by atoms with Gasteiger partial charge in [0, 0.05) is 26.2 Å². The van der Waals surface area contributed by atoms with E-state index >= 15 is 0 Å². The predicted octanol–water partition coefficient (Wildman–Crippen LogP) is -4.66. The van der Waals surface area contributed by atoms with Crippen LogP contribution in [0.15, 0.2) is 0 Å². The maximum absolute atomic E-state index is 2.67. The Kier molecular flexibility index (Phi) is 11.9. The van der Waals surface area contributed by atoms with Crippen LogP contribution in [0.1, 0.15) is 25.7 Å². The van der Waals surface area contributed by atoms with E-state index in [-0.39, 0.29) is 34.0 Å². The molecule has 0 unspecified atom stereocenters. The van der Waals surface area contributed by atoms with Gasteiger partial charge < -0.3 is 42.9 Å². The van der Waals surface area contributed by atoms with Crippen molar-refractivity contribution in [2.75, 3.05) is 93.6 Å². The molecule has 2 rings (SSSR count). The fraction of sp³-hybridized carbons (Fsp3) is 1.00. The maximum Gasteiger partial charge on any atom is 0.0912 e. The molecule has 0 spiro atoms. The van der Waals surface area contributed by atoms with Gasteiger partial charge in [-0.05, 0) is 25.9 Å². The van der Waals surface area contributed by atoms with Crippen molar-refractivity contribution in [1.29, 1.82) is 0 Å². The number of rotatable bonds is 7. The lowest BCUT2D eigenvalue weighted by molar-refractivity contribution is -0.894. The number of hydrogen-bond donors (Lipinski definition) is 0. The molecule has 2 aliphatic rings. The molecule has 0 atom stereocenters. The molecule has 24 heavy (non-hydrogen) atoms. The summed E-state index contributed by atoms with van der Waals surface area (Å²) in [6.07, 6.45) is 5.64. The molecule has 6 heteroatoms. The first-order valence-electron chi connectivity index (χ1n) is 9.45. The Morgan fingerprint density at radius 1 is 0.542 bits per heavy atom. The Morgan fingerprint density at radius 3 is 1.12 bits per heavy atom. The average Bonchev–Trinajstić information content (AvgIpc) is 2.46. The molecule has 0 amide bonds. The molecule has 0 saturated carbocycles. The van der Waals surface area contributed by atoms with Gasteiger partial charge in [0.25, 0.3) is 0 Å². The highest BCUT2D eigenvalue weighted by Gasteiger charge is 2.24. The van der Waals surface area contributed by atoms with Crippen molar-refractivity contribution in [1.82, 2.24) is 9.80 Å². The number of likely N-dealkylation sites (N-methyl/N-ethyl adjacent to an activating group) is 2. The minimum absolute atomic E-state index is 0. The third-order valence-corrected chi connectivity index (χ3v) is 5.78. The summed E-state index contributed by atoms with van der Waals surface area (Å²) in [4.78, 5) is 5.35. The lowest BCUT2D eigenvalue weighted by Crippen LogP contribution is -3.00. The molecule has 4 nitrogen and oxygen atoms in total. The van der Waals surface area contributed by atoms with Crippen LogP contribution in [0.2, 0.25) is 0 Å². The van der Waals surface area contributed by atoms with Gasteiger partial charge >= 0.3 is 0 Å². The van der Waals surface area contributed by atoms with Crippen molar-refractivity contribution in [2.45, 2.75) is 25.7 Å². The molecule has 0 radical (unpaired) electrons. The zero-order valence-electron chi connectivity index (χ0n) is 16.4. The molecule has 0 N–H and O–H groups in total. The van der Waals surface area contributed by atoms with Crippen LogP contribution in [0.3, 0.4) is 0 Å². The van der Waals surface area contributed by atoms with E-state index in [1.807, 2.05) is 0 Å². The zero-order chi connectivity index (χ0) is 16.1. The molecule has 0 aromatic heterocycles. The van der Waals surface area contributed by atoms with Crippen LogP contribution in [0.25, 0.3) is 0 Å². The second-order valence-corrected chi connectivity index (χ2v) is 8.86. The number of nitrogens with zero attached hydrogens (tertiary/aromatic N) is 4. The monoisotopic (exact) mass is 470 g/mol. The van der Waals surface area contributed by atoms with E-state index in [1.54, 1.807) is 0 Å². The summed E-state index contributed by atoms with van der Waals surface area (Å²) in [5.74, 6) is 0. The van der Waals surface area contributed by atoms with Gasteiger partial charge in [-0.15, -0.1) is 0 Å². The SMILES string of the molecule is C[N+]1(C)CCN(CCCCCCN2CC[N+](C)(C)CC2)CC1.[Br-].[Br-]. The minimum atomic E-state index is 0. The molecule has 146 valence electrons. The van der Waals surface area contributed by atoms with Gasteiger partial charge in [0.15, 0.2) is 0 Å². The van der Waals surface area contributed by atoms with Crippen LogP contribution in [-0.4, -0.2) is 112 Å². The van der Waals surface area contributed by atoms with Crippen molar-refractivity contribution in [3.8, 4) is 0 Å². The van der Waals surface area contributed by atoms with Crippen LogP contribution < -0.4 is 34.0 Å². The average molecular weight is 472 g/mol. The second-order valence-electron chi connectivity index (χ2n) is 8.86. The zero-order valence-corrected chi connectivity index (χ0v) is 19.6. The molecule has 2 saturated heterocycles. The quantitative estimate of drug-likeness (QED) is 0.272. The Hall–Kier alpha value is 0.800. The van der Waals surface area contributed by atoms with Crippen molar-refractivity contribution in [2.24, 2.45) is 0 Å². The van der Waals surface area contributed by atoms with Gasteiger partial charge in [0.05, 0.1) is 54.4 Å². The molecule has 2 aliphatic heterocycles. The number of unbranched alkanes of at least 4 members (excludes halogenated alkanes) is 3. The van der Waals surface area contributed by atoms with Crippen LogP contribution in [0.5, 0.6) is 0 Å². The fourth-order valence-electron chi connectivity index (χ4n) is 3.57. The second kappa shape index (κ2) is 11.5.